The van der Waals surface area contributed by atoms with Crippen LogP contribution in [0.1, 0.15) is 0 Å². The summed E-state index contributed by atoms with van der Waals surface area (Å²) in [6.45, 7) is 0. The quantitative estimate of drug-likeness (QED) is 0.856. The molecule has 3 nitrogen and oxygen atoms in total. The molecule has 0 aromatic heterocycles. The van der Waals surface area contributed by atoms with E-state index in [4.69, 9.17) is 15.2 Å². The van der Waals surface area contributed by atoms with Crippen molar-refractivity contribution in [3.8, 4) is 11.5 Å². The fraction of sp³-hybridized carbons (Fsp3) is 0.143. The van der Waals surface area contributed by atoms with E-state index in [1.54, 1.807) is 32.0 Å². The van der Waals surface area contributed by atoms with Crippen LogP contribution >= 0.6 is 11.8 Å². The smallest absolute Gasteiger partial charge is 0.162 e. The summed E-state index contributed by atoms with van der Waals surface area (Å²) in [5, 5.41) is 0. The Kier molecular flexibility index (Phi) is 3.99. The van der Waals surface area contributed by atoms with Crippen molar-refractivity contribution in [3.05, 3.63) is 42.5 Å². The molecule has 2 rings (SSSR count). The summed E-state index contributed by atoms with van der Waals surface area (Å²) in [5.74, 6) is 1.33. The van der Waals surface area contributed by atoms with Gasteiger partial charge in [0.15, 0.2) is 11.5 Å². The van der Waals surface area contributed by atoms with E-state index >= 15 is 0 Å². The summed E-state index contributed by atoms with van der Waals surface area (Å²) in [6, 6.07) is 13.7. The maximum Gasteiger partial charge on any atom is 0.162 e. The van der Waals surface area contributed by atoms with Crippen LogP contribution in [0.25, 0.3) is 0 Å². The summed E-state index contributed by atoms with van der Waals surface area (Å²) in [6.07, 6.45) is 0. The minimum atomic E-state index is 0.646. The van der Waals surface area contributed by atoms with E-state index in [9.17, 15) is 0 Å². The third kappa shape index (κ3) is 2.71. The van der Waals surface area contributed by atoms with Crippen molar-refractivity contribution in [1.82, 2.24) is 0 Å². The molecule has 18 heavy (non-hydrogen) atoms. The van der Waals surface area contributed by atoms with Gasteiger partial charge in [0.25, 0.3) is 0 Å². The summed E-state index contributed by atoms with van der Waals surface area (Å²) < 4.78 is 10.5. The Labute approximate surface area is 111 Å². The average Bonchev–Trinajstić information content (AvgIpc) is 2.41. The monoisotopic (exact) mass is 261 g/mol. The number of nitrogen functional groups attached to an aromatic ring is 1. The largest absolute Gasteiger partial charge is 0.493 e. The van der Waals surface area contributed by atoms with E-state index in [1.165, 1.54) is 0 Å². The molecule has 0 aliphatic rings. The molecule has 0 saturated carbocycles. The normalized spacial score (nSPS) is 10.1. The first kappa shape index (κ1) is 12.6. The third-order valence-electron chi connectivity index (χ3n) is 2.49. The number of rotatable bonds is 4. The molecule has 0 heterocycles. The summed E-state index contributed by atoms with van der Waals surface area (Å²) in [4.78, 5) is 2.09. The van der Waals surface area contributed by atoms with E-state index in [1.807, 2.05) is 36.4 Å². The SMILES string of the molecule is COc1cc(N)c(Sc2ccccc2)cc1OC. The minimum Gasteiger partial charge on any atom is -0.493 e. The lowest BCUT2D eigenvalue weighted by Gasteiger charge is -2.12. The molecule has 0 saturated heterocycles. The molecule has 0 spiro atoms. The van der Waals surface area contributed by atoms with Gasteiger partial charge >= 0.3 is 0 Å². The molecule has 2 aromatic rings. The number of nitrogens with two attached hydrogens (primary N) is 1. The molecule has 0 amide bonds. The highest BCUT2D eigenvalue weighted by Gasteiger charge is 2.10. The van der Waals surface area contributed by atoms with Gasteiger partial charge in [-0.15, -0.1) is 0 Å². The number of anilines is 1. The van der Waals surface area contributed by atoms with E-state index in [2.05, 4.69) is 0 Å². The number of hydrogen-bond donors (Lipinski definition) is 1. The Morgan fingerprint density at radius 1 is 0.944 bits per heavy atom. The topological polar surface area (TPSA) is 44.5 Å². The van der Waals surface area contributed by atoms with Crippen LogP contribution in [0.2, 0.25) is 0 Å². The number of methoxy groups -OCH3 is 2. The second kappa shape index (κ2) is 5.69. The van der Waals surface area contributed by atoms with Crippen LogP contribution in [0.5, 0.6) is 11.5 Å². The predicted octanol–water partition coefficient (Wildman–Crippen LogP) is 3.44. The standard InChI is InChI=1S/C14H15NO2S/c1-16-12-8-11(15)14(9-13(12)17-2)18-10-6-4-3-5-7-10/h3-9H,15H2,1-2H3. The second-order valence-electron chi connectivity index (χ2n) is 3.66. The van der Waals surface area contributed by atoms with Crippen molar-refractivity contribution in [1.29, 1.82) is 0 Å². The van der Waals surface area contributed by atoms with Gasteiger partial charge in [0.05, 0.1) is 14.2 Å². The second-order valence-corrected chi connectivity index (χ2v) is 4.78. The van der Waals surface area contributed by atoms with Crippen LogP contribution in [0.4, 0.5) is 5.69 Å². The molecule has 94 valence electrons. The average molecular weight is 261 g/mol. The lowest BCUT2D eigenvalue weighted by Crippen LogP contribution is -1.95. The Morgan fingerprint density at radius 2 is 1.56 bits per heavy atom. The molecular weight excluding hydrogens is 246 g/mol. The first-order chi connectivity index (χ1) is 8.74. The van der Waals surface area contributed by atoms with E-state index in [0.29, 0.717) is 17.2 Å². The zero-order chi connectivity index (χ0) is 13.0. The fourth-order valence-corrected chi connectivity index (χ4v) is 2.47. The molecule has 0 bridgehead atoms. The highest BCUT2D eigenvalue weighted by atomic mass is 32.2. The Hall–Kier alpha value is -1.81. The van der Waals surface area contributed by atoms with Crippen LogP contribution in [-0.2, 0) is 0 Å². The van der Waals surface area contributed by atoms with Crippen molar-refractivity contribution in [2.45, 2.75) is 9.79 Å². The van der Waals surface area contributed by atoms with Crippen molar-refractivity contribution in [2.24, 2.45) is 0 Å². The summed E-state index contributed by atoms with van der Waals surface area (Å²) in [5.41, 5.74) is 6.69. The lowest BCUT2D eigenvalue weighted by atomic mass is 10.3. The van der Waals surface area contributed by atoms with Crippen molar-refractivity contribution >= 4 is 17.4 Å². The van der Waals surface area contributed by atoms with Gasteiger partial charge in [0.1, 0.15) is 0 Å². The third-order valence-corrected chi connectivity index (χ3v) is 3.57. The van der Waals surface area contributed by atoms with Gasteiger partial charge in [0.2, 0.25) is 0 Å². The van der Waals surface area contributed by atoms with Crippen LogP contribution in [0.3, 0.4) is 0 Å². The van der Waals surface area contributed by atoms with Gasteiger partial charge in [-0.1, -0.05) is 30.0 Å². The number of ether oxygens (including phenoxy) is 2. The predicted molar refractivity (Wildman–Crippen MR) is 74.5 cm³/mol. The molecule has 2 aromatic carbocycles. The number of benzene rings is 2. The van der Waals surface area contributed by atoms with E-state index < -0.39 is 0 Å². The van der Waals surface area contributed by atoms with Crippen LogP contribution < -0.4 is 15.2 Å². The molecule has 0 aliphatic carbocycles. The van der Waals surface area contributed by atoms with Gasteiger partial charge < -0.3 is 15.2 Å². The first-order valence-corrected chi connectivity index (χ1v) is 6.30. The first-order valence-electron chi connectivity index (χ1n) is 5.49. The fourth-order valence-electron chi connectivity index (χ4n) is 1.58. The summed E-state index contributed by atoms with van der Waals surface area (Å²) >= 11 is 1.60. The maximum absolute atomic E-state index is 6.01. The highest BCUT2D eigenvalue weighted by molar-refractivity contribution is 7.99. The Morgan fingerprint density at radius 3 is 2.17 bits per heavy atom. The van der Waals surface area contributed by atoms with Crippen LogP contribution in [0.15, 0.2) is 52.3 Å². The van der Waals surface area contributed by atoms with Crippen molar-refractivity contribution in [3.63, 3.8) is 0 Å². The van der Waals surface area contributed by atoms with Gasteiger partial charge in [-0.2, -0.15) is 0 Å². The summed E-state index contributed by atoms with van der Waals surface area (Å²) in [7, 11) is 3.21. The zero-order valence-corrected chi connectivity index (χ0v) is 11.2. The van der Waals surface area contributed by atoms with Gasteiger partial charge in [-0.3, -0.25) is 0 Å². The van der Waals surface area contributed by atoms with Gasteiger partial charge in [-0.05, 0) is 18.2 Å². The molecule has 4 heteroatoms. The molecule has 0 aliphatic heterocycles. The molecule has 0 atom stereocenters. The van der Waals surface area contributed by atoms with Crippen molar-refractivity contribution < 1.29 is 9.47 Å². The van der Waals surface area contributed by atoms with E-state index in [-0.39, 0.29) is 0 Å². The molecule has 2 N–H and O–H groups in total. The molecule has 0 radical (unpaired) electrons. The minimum absolute atomic E-state index is 0.646. The lowest BCUT2D eigenvalue weighted by molar-refractivity contribution is 0.354. The Balaban J connectivity index is 2.33. The van der Waals surface area contributed by atoms with Gasteiger partial charge in [-0.25, -0.2) is 0 Å². The molecular formula is C14H15NO2S. The van der Waals surface area contributed by atoms with Crippen molar-refractivity contribution in [2.75, 3.05) is 20.0 Å². The maximum atomic E-state index is 6.01. The van der Waals surface area contributed by atoms with Crippen LogP contribution in [0, 0.1) is 0 Å². The van der Waals surface area contributed by atoms with Gasteiger partial charge in [0, 0.05) is 21.5 Å². The van der Waals surface area contributed by atoms with E-state index in [0.717, 1.165) is 9.79 Å². The zero-order valence-electron chi connectivity index (χ0n) is 10.3. The Bertz CT molecular complexity index is 529. The number of hydrogen-bond acceptors (Lipinski definition) is 4. The van der Waals surface area contributed by atoms with Crippen LogP contribution in [-0.4, -0.2) is 14.2 Å². The highest BCUT2D eigenvalue weighted by Crippen LogP contribution is 2.39. The molecule has 0 unspecified atom stereocenters. The molecule has 0 fully saturated rings.